The predicted octanol–water partition coefficient (Wildman–Crippen LogP) is 10.1. The van der Waals surface area contributed by atoms with Gasteiger partial charge in [0.25, 0.3) is 6.08 Å². The standard InChI is InChI=1S/C32H36F2O/c1-20-21(2)23(4)32(24(5)22(20)3)28-13-17-30(18-14-28)35-29-15-11-27(12-16-29)26-9-6-25(7-10-26)8-19-31(33)34/h11-19,25-26H,6-10H2,1-5H3. The summed E-state index contributed by atoms with van der Waals surface area (Å²) in [6.07, 6.45) is 4.17. The Kier molecular flexibility index (Phi) is 7.74. The summed E-state index contributed by atoms with van der Waals surface area (Å²) in [5.74, 6) is 2.55. The fourth-order valence-corrected chi connectivity index (χ4v) is 5.55. The first-order chi connectivity index (χ1) is 16.7. The van der Waals surface area contributed by atoms with Crippen molar-refractivity contribution in [3.63, 3.8) is 0 Å². The third-order valence-corrected chi connectivity index (χ3v) is 8.18. The summed E-state index contributed by atoms with van der Waals surface area (Å²) in [5, 5.41) is 0. The van der Waals surface area contributed by atoms with Gasteiger partial charge in [-0.05, 0) is 153 Å². The molecule has 0 aliphatic heterocycles. The van der Waals surface area contributed by atoms with E-state index in [0.29, 0.717) is 18.3 Å². The van der Waals surface area contributed by atoms with Crippen molar-refractivity contribution in [2.75, 3.05) is 0 Å². The van der Waals surface area contributed by atoms with Crippen molar-refractivity contribution in [3.05, 3.63) is 94.1 Å². The molecule has 1 saturated carbocycles. The predicted molar refractivity (Wildman–Crippen MR) is 142 cm³/mol. The highest BCUT2D eigenvalue weighted by Crippen LogP contribution is 2.39. The van der Waals surface area contributed by atoms with Crippen LogP contribution in [0.5, 0.6) is 11.5 Å². The summed E-state index contributed by atoms with van der Waals surface area (Å²) < 4.78 is 30.8. The highest BCUT2D eigenvalue weighted by atomic mass is 19.3. The number of hydrogen-bond donors (Lipinski definition) is 0. The maximum absolute atomic E-state index is 12.3. The van der Waals surface area contributed by atoms with E-state index in [1.165, 1.54) is 44.5 Å². The quantitative estimate of drug-likeness (QED) is 0.345. The van der Waals surface area contributed by atoms with E-state index in [9.17, 15) is 8.78 Å². The summed E-state index contributed by atoms with van der Waals surface area (Å²) in [4.78, 5) is 0. The van der Waals surface area contributed by atoms with Gasteiger partial charge in [-0.15, -0.1) is 0 Å². The monoisotopic (exact) mass is 474 g/mol. The Bertz CT molecular complexity index is 1160. The number of rotatable bonds is 6. The van der Waals surface area contributed by atoms with Crippen molar-refractivity contribution in [2.45, 2.75) is 72.6 Å². The summed E-state index contributed by atoms with van der Waals surface area (Å²) in [7, 11) is 0. The normalized spacial score (nSPS) is 17.8. The highest BCUT2D eigenvalue weighted by molar-refractivity contribution is 5.75. The summed E-state index contributed by atoms with van der Waals surface area (Å²) in [5.41, 5.74) is 10.6. The third-order valence-electron chi connectivity index (χ3n) is 8.18. The lowest BCUT2D eigenvalue weighted by Crippen LogP contribution is -2.12. The van der Waals surface area contributed by atoms with Crippen LogP contribution in [0.3, 0.4) is 0 Å². The van der Waals surface area contributed by atoms with Crippen LogP contribution in [-0.4, -0.2) is 0 Å². The van der Waals surface area contributed by atoms with Gasteiger partial charge in [0.15, 0.2) is 0 Å². The SMILES string of the molecule is Cc1c(C)c(C)c(-c2ccc(Oc3ccc(C4CCC(CC=C(F)F)CC4)cc3)cc2)c(C)c1C. The minimum absolute atomic E-state index is 0.388. The van der Waals surface area contributed by atoms with Crippen molar-refractivity contribution >= 4 is 0 Å². The lowest BCUT2D eigenvalue weighted by atomic mass is 9.77. The van der Waals surface area contributed by atoms with E-state index < -0.39 is 6.08 Å². The number of hydrogen-bond acceptors (Lipinski definition) is 1. The molecular weight excluding hydrogens is 438 g/mol. The Morgan fingerprint density at radius 2 is 1.20 bits per heavy atom. The fraction of sp³-hybridized carbons (Fsp3) is 0.375. The van der Waals surface area contributed by atoms with Gasteiger partial charge in [-0.1, -0.05) is 24.3 Å². The molecule has 0 heterocycles. The van der Waals surface area contributed by atoms with Crippen LogP contribution in [0.1, 0.15) is 71.4 Å². The zero-order chi connectivity index (χ0) is 25.1. The van der Waals surface area contributed by atoms with Crippen LogP contribution in [0.15, 0.2) is 60.7 Å². The van der Waals surface area contributed by atoms with E-state index in [1.54, 1.807) is 0 Å². The van der Waals surface area contributed by atoms with Crippen LogP contribution in [-0.2, 0) is 0 Å². The minimum Gasteiger partial charge on any atom is -0.457 e. The average Bonchev–Trinajstić information content (AvgIpc) is 2.87. The van der Waals surface area contributed by atoms with Crippen LogP contribution in [0.25, 0.3) is 11.1 Å². The average molecular weight is 475 g/mol. The van der Waals surface area contributed by atoms with Crippen molar-refractivity contribution in [1.82, 2.24) is 0 Å². The molecule has 0 radical (unpaired) electrons. The van der Waals surface area contributed by atoms with Gasteiger partial charge in [-0.25, -0.2) is 0 Å². The van der Waals surface area contributed by atoms with E-state index in [2.05, 4.69) is 58.9 Å². The lowest BCUT2D eigenvalue weighted by molar-refractivity contribution is 0.322. The van der Waals surface area contributed by atoms with Gasteiger partial charge < -0.3 is 4.74 Å². The van der Waals surface area contributed by atoms with Gasteiger partial charge in [0, 0.05) is 0 Å². The molecule has 1 fully saturated rings. The molecular formula is C32H36F2O. The van der Waals surface area contributed by atoms with Crippen LogP contribution in [0, 0.1) is 40.5 Å². The van der Waals surface area contributed by atoms with Crippen molar-refractivity contribution in [2.24, 2.45) is 5.92 Å². The molecule has 3 heteroatoms. The van der Waals surface area contributed by atoms with Crippen LogP contribution in [0.4, 0.5) is 8.78 Å². The van der Waals surface area contributed by atoms with E-state index in [0.717, 1.165) is 43.3 Å². The van der Waals surface area contributed by atoms with Crippen molar-refractivity contribution in [3.8, 4) is 22.6 Å². The Hall–Kier alpha value is -2.94. The second-order valence-electron chi connectivity index (χ2n) is 10.1. The number of benzene rings is 3. The zero-order valence-corrected chi connectivity index (χ0v) is 21.6. The van der Waals surface area contributed by atoms with Gasteiger partial charge in [0.05, 0.1) is 0 Å². The molecule has 0 bridgehead atoms. The first-order valence-electron chi connectivity index (χ1n) is 12.7. The summed E-state index contributed by atoms with van der Waals surface area (Å²) >= 11 is 0. The van der Waals surface area contributed by atoms with E-state index >= 15 is 0 Å². The molecule has 0 spiro atoms. The molecule has 1 aliphatic rings. The van der Waals surface area contributed by atoms with Gasteiger partial charge >= 0.3 is 0 Å². The van der Waals surface area contributed by atoms with Crippen LogP contribution in [0.2, 0.25) is 0 Å². The van der Waals surface area contributed by atoms with Crippen LogP contribution >= 0.6 is 0 Å². The van der Waals surface area contributed by atoms with Crippen molar-refractivity contribution in [1.29, 1.82) is 0 Å². The number of ether oxygens (including phenoxy) is 1. The Labute approximate surface area is 208 Å². The first kappa shape index (κ1) is 25.2. The molecule has 3 aromatic rings. The second-order valence-corrected chi connectivity index (χ2v) is 10.1. The van der Waals surface area contributed by atoms with Gasteiger partial charge in [-0.2, -0.15) is 8.78 Å². The molecule has 4 rings (SSSR count). The van der Waals surface area contributed by atoms with Crippen molar-refractivity contribution < 1.29 is 13.5 Å². The van der Waals surface area contributed by atoms with E-state index in [-0.39, 0.29) is 0 Å². The molecule has 1 aliphatic carbocycles. The molecule has 0 unspecified atom stereocenters. The number of halogens is 2. The molecule has 184 valence electrons. The van der Waals surface area contributed by atoms with Gasteiger partial charge in [0.1, 0.15) is 11.5 Å². The molecule has 0 atom stereocenters. The Morgan fingerprint density at radius 1 is 0.714 bits per heavy atom. The maximum Gasteiger partial charge on any atom is 0.266 e. The topological polar surface area (TPSA) is 9.23 Å². The number of allylic oxidation sites excluding steroid dienone is 1. The molecule has 0 N–H and O–H groups in total. The largest absolute Gasteiger partial charge is 0.457 e. The van der Waals surface area contributed by atoms with Crippen LogP contribution < -0.4 is 4.74 Å². The molecule has 0 aromatic heterocycles. The van der Waals surface area contributed by atoms with Gasteiger partial charge in [-0.3, -0.25) is 0 Å². The summed E-state index contributed by atoms with van der Waals surface area (Å²) in [6, 6.07) is 16.8. The van der Waals surface area contributed by atoms with E-state index in [4.69, 9.17) is 4.74 Å². The summed E-state index contributed by atoms with van der Waals surface area (Å²) in [6.45, 7) is 11.0. The third kappa shape index (κ3) is 5.66. The maximum atomic E-state index is 12.3. The minimum atomic E-state index is -1.55. The van der Waals surface area contributed by atoms with Gasteiger partial charge in [0.2, 0.25) is 0 Å². The molecule has 0 amide bonds. The fourth-order valence-electron chi connectivity index (χ4n) is 5.55. The zero-order valence-electron chi connectivity index (χ0n) is 21.6. The molecule has 0 saturated heterocycles. The first-order valence-corrected chi connectivity index (χ1v) is 12.7. The second kappa shape index (κ2) is 10.8. The molecule has 35 heavy (non-hydrogen) atoms. The highest BCUT2D eigenvalue weighted by Gasteiger charge is 2.22. The lowest BCUT2D eigenvalue weighted by Gasteiger charge is -2.28. The Balaban J connectivity index is 1.40. The Morgan fingerprint density at radius 3 is 1.71 bits per heavy atom. The smallest absolute Gasteiger partial charge is 0.266 e. The molecule has 1 nitrogen and oxygen atoms in total. The molecule has 3 aromatic carbocycles. The van der Waals surface area contributed by atoms with E-state index in [1.807, 2.05) is 24.3 Å².